The SMILES string of the molecule is COc1ccc(C(=O)N2CC(=O)NCC2C)cc1-c1ccccc1. The van der Waals surface area contributed by atoms with E-state index < -0.39 is 0 Å². The molecule has 2 aromatic rings. The van der Waals surface area contributed by atoms with E-state index in [9.17, 15) is 9.59 Å². The van der Waals surface area contributed by atoms with Gasteiger partial charge in [-0.3, -0.25) is 9.59 Å². The van der Waals surface area contributed by atoms with Gasteiger partial charge in [-0.2, -0.15) is 0 Å². The monoisotopic (exact) mass is 324 g/mol. The molecule has 1 unspecified atom stereocenters. The maximum absolute atomic E-state index is 12.8. The smallest absolute Gasteiger partial charge is 0.254 e. The van der Waals surface area contributed by atoms with Gasteiger partial charge in [-0.05, 0) is 30.7 Å². The Kier molecular flexibility index (Phi) is 4.51. The van der Waals surface area contributed by atoms with E-state index >= 15 is 0 Å². The second kappa shape index (κ2) is 6.74. The third-order valence-corrected chi connectivity index (χ3v) is 4.23. The van der Waals surface area contributed by atoms with Gasteiger partial charge in [-0.15, -0.1) is 0 Å². The summed E-state index contributed by atoms with van der Waals surface area (Å²) in [6.45, 7) is 2.50. The summed E-state index contributed by atoms with van der Waals surface area (Å²) in [7, 11) is 1.61. The molecule has 1 aliphatic rings. The highest BCUT2D eigenvalue weighted by Crippen LogP contribution is 2.31. The second-order valence-corrected chi connectivity index (χ2v) is 5.87. The maximum Gasteiger partial charge on any atom is 0.254 e. The number of piperazine rings is 1. The zero-order valence-corrected chi connectivity index (χ0v) is 13.8. The van der Waals surface area contributed by atoms with Crippen molar-refractivity contribution in [3.63, 3.8) is 0 Å². The number of methoxy groups -OCH3 is 1. The van der Waals surface area contributed by atoms with E-state index in [1.165, 1.54) is 0 Å². The van der Waals surface area contributed by atoms with Crippen molar-refractivity contribution in [2.45, 2.75) is 13.0 Å². The quantitative estimate of drug-likeness (QED) is 0.943. The molecule has 0 radical (unpaired) electrons. The largest absolute Gasteiger partial charge is 0.496 e. The van der Waals surface area contributed by atoms with Crippen LogP contribution in [-0.2, 0) is 4.79 Å². The summed E-state index contributed by atoms with van der Waals surface area (Å²) in [6.07, 6.45) is 0. The normalized spacial score (nSPS) is 17.3. The lowest BCUT2D eigenvalue weighted by Gasteiger charge is -2.33. The van der Waals surface area contributed by atoms with Crippen LogP contribution in [0.15, 0.2) is 48.5 Å². The zero-order chi connectivity index (χ0) is 17.1. The highest BCUT2D eigenvalue weighted by Gasteiger charge is 2.28. The van der Waals surface area contributed by atoms with E-state index in [1.807, 2.05) is 43.3 Å². The van der Waals surface area contributed by atoms with Crippen molar-refractivity contribution in [1.82, 2.24) is 10.2 Å². The van der Waals surface area contributed by atoms with Gasteiger partial charge < -0.3 is 15.0 Å². The third-order valence-electron chi connectivity index (χ3n) is 4.23. The first-order valence-electron chi connectivity index (χ1n) is 7.91. The summed E-state index contributed by atoms with van der Waals surface area (Å²) >= 11 is 0. The first-order valence-corrected chi connectivity index (χ1v) is 7.91. The molecule has 3 rings (SSSR count). The van der Waals surface area contributed by atoms with Crippen molar-refractivity contribution in [1.29, 1.82) is 0 Å². The Morgan fingerprint density at radius 2 is 1.96 bits per heavy atom. The molecule has 2 amide bonds. The molecule has 24 heavy (non-hydrogen) atoms. The lowest BCUT2D eigenvalue weighted by Crippen LogP contribution is -2.55. The number of benzene rings is 2. The van der Waals surface area contributed by atoms with Gasteiger partial charge in [0.15, 0.2) is 0 Å². The lowest BCUT2D eigenvalue weighted by atomic mass is 10.0. The van der Waals surface area contributed by atoms with Crippen molar-refractivity contribution < 1.29 is 14.3 Å². The minimum Gasteiger partial charge on any atom is -0.496 e. The van der Waals surface area contributed by atoms with E-state index in [-0.39, 0.29) is 24.4 Å². The van der Waals surface area contributed by atoms with Crippen LogP contribution in [0.2, 0.25) is 0 Å². The molecule has 1 saturated heterocycles. The van der Waals surface area contributed by atoms with Crippen molar-refractivity contribution in [3.8, 4) is 16.9 Å². The van der Waals surface area contributed by atoms with Crippen LogP contribution >= 0.6 is 0 Å². The van der Waals surface area contributed by atoms with Crippen molar-refractivity contribution >= 4 is 11.8 Å². The van der Waals surface area contributed by atoms with Gasteiger partial charge in [0.05, 0.1) is 7.11 Å². The Labute approximate surface area is 141 Å². The minimum atomic E-state index is -0.141. The number of carbonyl (C=O) groups is 2. The predicted molar refractivity (Wildman–Crippen MR) is 91.9 cm³/mol. The minimum absolute atomic E-state index is 0.0301. The molecule has 5 heteroatoms. The average molecular weight is 324 g/mol. The Bertz CT molecular complexity index is 758. The summed E-state index contributed by atoms with van der Waals surface area (Å²) in [6, 6.07) is 15.1. The standard InChI is InChI=1S/C19H20N2O3/c1-13-11-20-18(22)12-21(13)19(23)15-8-9-17(24-2)16(10-15)14-6-4-3-5-7-14/h3-10,13H,11-12H2,1-2H3,(H,20,22). The van der Waals surface area contributed by atoms with Gasteiger partial charge >= 0.3 is 0 Å². The van der Waals surface area contributed by atoms with Gasteiger partial charge in [0.2, 0.25) is 5.91 Å². The topological polar surface area (TPSA) is 58.6 Å². The van der Waals surface area contributed by atoms with Crippen LogP contribution < -0.4 is 10.1 Å². The van der Waals surface area contributed by atoms with Gasteiger partial charge in [0.25, 0.3) is 5.91 Å². The van der Waals surface area contributed by atoms with E-state index in [1.54, 1.807) is 24.1 Å². The Balaban J connectivity index is 1.97. The Morgan fingerprint density at radius 1 is 1.21 bits per heavy atom. The van der Waals surface area contributed by atoms with Gasteiger partial charge in [0, 0.05) is 23.7 Å². The molecule has 0 aromatic heterocycles. The maximum atomic E-state index is 12.8. The Morgan fingerprint density at radius 3 is 2.67 bits per heavy atom. The molecule has 0 spiro atoms. The number of hydrogen-bond donors (Lipinski definition) is 1. The van der Waals surface area contributed by atoms with Crippen LogP contribution in [0.3, 0.4) is 0 Å². The molecule has 1 heterocycles. The predicted octanol–water partition coefficient (Wildman–Crippen LogP) is 2.32. The molecule has 124 valence electrons. The molecule has 1 N–H and O–H groups in total. The molecule has 0 bridgehead atoms. The molecule has 2 aromatic carbocycles. The first kappa shape index (κ1) is 16.1. The highest BCUT2D eigenvalue weighted by molar-refractivity contribution is 5.98. The fourth-order valence-corrected chi connectivity index (χ4v) is 2.86. The first-order chi connectivity index (χ1) is 11.6. The Hall–Kier alpha value is -2.82. The van der Waals surface area contributed by atoms with Crippen LogP contribution in [0, 0.1) is 0 Å². The van der Waals surface area contributed by atoms with Gasteiger partial charge in [-0.25, -0.2) is 0 Å². The number of nitrogens with one attached hydrogen (secondary N) is 1. The highest BCUT2D eigenvalue weighted by atomic mass is 16.5. The molecule has 5 nitrogen and oxygen atoms in total. The van der Waals surface area contributed by atoms with E-state index in [2.05, 4.69) is 5.32 Å². The molecule has 0 aliphatic carbocycles. The van der Waals surface area contributed by atoms with E-state index in [0.717, 1.165) is 11.1 Å². The number of amides is 2. The van der Waals surface area contributed by atoms with Crippen LogP contribution in [-0.4, -0.2) is 43.0 Å². The molecule has 1 fully saturated rings. The van der Waals surface area contributed by atoms with E-state index in [4.69, 9.17) is 4.74 Å². The lowest BCUT2D eigenvalue weighted by molar-refractivity contribution is -0.124. The van der Waals surface area contributed by atoms with Gasteiger partial charge in [-0.1, -0.05) is 30.3 Å². The number of hydrogen-bond acceptors (Lipinski definition) is 3. The molecular formula is C19H20N2O3. The molecule has 1 atom stereocenters. The van der Waals surface area contributed by atoms with Crippen LogP contribution in [0.25, 0.3) is 11.1 Å². The third kappa shape index (κ3) is 3.11. The summed E-state index contributed by atoms with van der Waals surface area (Å²) < 4.78 is 5.43. The summed E-state index contributed by atoms with van der Waals surface area (Å²) in [5.74, 6) is 0.442. The van der Waals surface area contributed by atoms with Crippen LogP contribution in [0.1, 0.15) is 17.3 Å². The summed E-state index contributed by atoms with van der Waals surface area (Å²) in [5, 5.41) is 2.77. The number of nitrogens with zero attached hydrogens (tertiary/aromatic N) is 1. The number of rotatable bonds is 3. The summed E-state index contributed by atoms with van der Waals surface area (Å²) in [5.41, 5.74) is 2.39. The molecule has 0 saturated carbocycles. The van der Waals surface area contributed by atoms with Crippen molar-refractivity contribution in [3.05, 3.63) is 54.1 Å². The zero-order valence-electron chi connectivity index (χ0n) is 13.8. The van der Waals surface area contributed by atoms with Crippen LogP contribution in [0.5, 0.6) is 5.75 Å². The molecule has 1 aliphatic heterocycles. The fourth-order valence-electron chi connectivity index (χ4n) is 2.86. The van der Waals surface area contributed by atoms with Crippen LogP contribution in [0.4, 0.5) is 0 Å². The van der Waals surface area contributed by atoms with Gasteiger partial charge in [0.1, 0.15) is 12.3 Å². The second-order valence-electron chi connectivity index (χ2n) is 5.87. The van der Waals surface area contributed by atoms with E-state index in [0.29, 0.717) is 17.9 Å². The number of ether oxygens (including phenoxy) is 1. The average Bonchev–Trinajstić information content (AvgIpc) is 2.63. The van der Waals surface area contributed by atoms with Crippen molar-refractivity contribution in [2.24, 2.45) is 0 Å². The fraction of sp³-hybridized carbons (Fsp3) is 0.263. The summed E-state index contributed by atoms with van der Waals surface area (Å²) in [4.78, 5) is 26.1. The molecular weight excluding hydrogens is 304 g/mol. The number of carbonyl (C=O) groups excluding carboxylic acids is 2. The van der Waals surface area contributed by atoms with Crippen molar-refractivity contribution in [2.75, 3.05) is 20.2 Å².